The predicted molar refractivity (Wildman–Crippen MR) is 86.3 cm³/mol. The Labute approximate surface area is 129 Å². The van der Waals surface area contributed by atoms with Gasteiger partial charge in [0, 0.05) is 25.7 Å². The Morgan fingerprint density at radius 2 is 1.76 bits per heavy atom. The first kappa shape index (κ1) is 15.8. The fourth-order valence-electron chi connectivity index (χ4n) is 3.96. The van der Waals surface area contributed by atoms with Gasteiger partial charge in [-0.2, -0.15) is 0 Å². The van der Waals surface area contributed by atoms with Crippen LogP contribution in [0.4, 0.5) is 0 Å². The van der Waals surface area contributed by atoms with Gasteiger partial charge >= 0.3 is 0 Å². The van der Waals surface area contributed by atoms with Crippen molar-refractivity contribution >= 4 is 9.84 Å². The van der Waals surface area contributed by atoms with Crippen molar-refractivity contribution in [1.29, 1.82) is 0 Å². The third-order valence-corrected chi connectivity index (χ3v) is 7.18. The summed E-state index contributed by atoms with van der Waals surface area (Å²) in [6.07, 6.45) is 10.2. The van der Waals surface area contributed by atoms with Gasteiger partial charge < -0.3 is 10.2 Å². The molecule has 1 N–H and O–H groups in total. The van der Waals surface area contributed by atoms with E-state index in [1.165, 1.54) is 44.9 Å². The third-order valence-electron chi connectivity index (χ3n) is 5.46. The summed E-state index contributed by atoms with van der Waals surface area (Å²) in [5.74, 6) is 0.746. The molecule has 0 bridgehead atoms. The molecule has 0 atom stereocenters. The van der Waals surface area contributed by atoms with E-state index in [1.807, 2.05) is 0 Å². The summed E-state index contributed by atoms with van der Waals surface area (Å²) in [6.45, 7) is 3.95. The van der Waals surface area contributed by atoms with Gasteiger partial charge in [-0.25, -0.2) is 8.42 Å². The highest BCUT2D eigenvalue weighted by Crippen LogP contribution is 2.37. The van der Waals surface area contributed by atoms with Crippen molar-refractivity contribution in [2.24, 2.45) is 5.41 Å². The Balaban J connectivity index is 1.59. The van der Waals surface area contributed by atoms with Crippen LogP contribution in [-0.4, -0.2) is 57.0 Å². The maximum absolute atomic E-state index is 11.8. The average Bonchev–Trinajstić information content (AvgIpc) is 3.28. The molecule has 5 heteroatoms. The fourth-order valence-corrected chi connectivity index (χ4v) is 5.27. The van der Waals surface area contributed by atoms with Crippen LogP contribution in [0.5, 0.6) is 0 Å². The molecule has 0 aromatic heterocycles. The van der Waals surface area contributed by atoms with Crippen LogP contribution >= 0.6 is 0 Å². The Hall–Kier alpha value is -0.130. The van der Waals surface area contributed by atoms with Crippen LogP contribution in [0.25, 0.3) is 0 Å². The fraction of sp³-hybridized carbons (Fsp3) is 1.00. The van der Waals surface area contributed by atoms with Gasteiger partial charge in [-0.05, 0) is 44.1 Å². The molecule has 2 saturated carbocycles. The summed E-state index contributed by atoms with van der Waals surface area (Å²) < 4.78 is 23.5. The number of nitrogens with zero attached hydrogens (tertiary/aromatic N) is 1. The Bertz CT molecular complexity index is 439. The lowest BCUT2D eigenvalue weighted by molar-refractivity contribution is 0.106. The van der Waals surface area contributed by atoms with Crippen molar-refractivity contribution in [1.82, 2.24) is 10.2 Å². The Morgan fingerprint density at radius 1 is 1.00 bits per heavy atom. The van der Waals surface area contributed by atoms with Gasteiger partial charge in [0.15, 0.2) is 9.84 Å². The molecule has 0 aromatic rings. The van der Waals surface area contributed by atoms with Gasteiger partial charge in [0.1, 0.15) is 0 Å². The first-order valence-electron chi connectivity index (χ1n) is 8.73. The molecular weight excluding hydrogens is 284 g/mol. The van der Waals surface area contributed by atoms with E-state index in [-0.39, 0.29) is 0 Å². The smallest absolute Gasteiger partial charge is 0.151 e. The van der Waals surface area contributed by atoms with E-state index in [0.717, 1.165) is 38.6 Å². The van der Waals surface area contributed by atoms with E-state index >= 15 is 0 Å². The van der Waals surface area contributed by atoms with E-state index < -0.39 is 9.84 Å². The number of nitrogens with one attached hydrogen (secondary N) is 1. The molecule has 0 spiro atoms. The molecule has 21 heavy (non-hydrogen) atoms. The van der Waals surface area contributed by atoms with E-state index in [0.29, 0.717) is 16.9 Å². The molecule has 3 fully saturated rings. The number of hydrogen-bond donors (Lipinski definition) is 1. The number of rotatable bonds is 5. The second kappa shape index (κ2) is 6.55. The zero-order chi connectivity index (χ0) is 14.8. The first-order chi connectivity index (χ1) is 10.1. The molecule has 0 aromatic carbocycles. The lowest BCUT2D eigenvalue weighted by Crippen LogP contribution is -2.46. The van der Waals surface area contributed by atoms with Gasteiger partial charge in [-0.1, -0.05) is 19.3 Å². The van der Waals surface area contributed by atoms with Crippen LogP contribution in [0, 0.1) is 5.41 Å². The van der Waals surface area contributed by atoms with E-state index in [1.54, 1.807) is 0 Å². The largest absolute Gasteiger partial charge is 0.313 e. The monoisotopic (exact) mass is 314 g/mol. The summed E-state index contributed by atoms with van der Waals surface area (Å²) in [5, 5.41) is 3.74. The summed E-state index contributed by atoms with van der Waals surface area (Å²) in [6, 6.07) is 0.772. The molecule has 1 saturated heterocycles. The topological polar surface area (TPSA) is 49.4 Å². The number of sulfone groups is 1. The van der Waals surface area contributed by atoms with E-state index in [2.05, 4.69) is 10.2 Å². The molecule has 3 rings (SSSR count). The molecule has 4 nitrogen and oxygen atoms in total. The van der Waals surface area contributed by atoms with Gasteiger partial charge in [-0.3, -0.25) is 0 Å². The quantitative estimate of drug-likeness (QED) is 0.841. The predicted octanol–water partition coefficient (Wildman–Crippen LogP) is 1.81. The van der Waals surface area contributed by atoms with Crippen molar-refractivity contribution in [3.05, 3.63) is 0 Å². The first-order valence-corrected chi connectivity index (χ1v) is 10.6. The van der Waals surface area contributed by atoms with Gasteiger partial charge in [0.2, 0.25) is 0 Å². The summed E-state index contributed by atoms with van der Waals surface area (Å²) in [4.78, 5) is 2.43. The molecule has 2 aliphatic carbocycles. The van der Waals surface area contributed by atoms with Gasteiger partial charge in [0.25, 0.3) is 0 Å². The highest BCUT2D eigenvalue weighted by molar-refractivity contribution is 7.91. The Morgan fingerprint density at radius 3 is 2.48 bits per heavy atom. The molecular formula is C16H30N2O2S. The van der Waals surface area contributed by atoms with Crippen LogP contribution in [-0.2, 0) is 9.84 Å². The van der Waals surface area contributed by atoms with E-state index in [9.17, 15) is 8.42 Å². The van der Waals surface area contributed by atoms with Crippen LogP contribution in [0.1, 0.15) is 51.4 Å². The maximum Gasteiger partial charge on any atom is 0.151 e. The standard InChI is InChI=1S/C16H30N2O2S/c19-21(20)11-4-9-18(10-12-21)14-16(7-2-1-3-8-16)13-17-15-5-6-15/h15,17H,1-14H2. The Kier molecular flexibility index (Phi) is 4.91. The molecule has 0 unspecified atom stereocenters. The molecule has 1 heterocycles. The molecule has 1 aliphatic heterocycles. The zero-order valence-electron chi connectivity index (χ0n) is 13.1. The highest BCUT2D eigenvalue weighted by atomic mass is 32.2. The summed E-state index contributed by atoms with van der Waals surface area (Å²) >= 11 is 0. The van der Waals surface area contributed by atoms with Gasteiger partial charge in [0.05, 0.1) is 11.5 Å². The highest BCUT2D eigenvalue weighted by Gasteiger charge is 2.36. The van der Waals surface area contributed by atoms with Crippen molar-refractivity contribution in [3.8, 4) is 0 Å². The van der Waals surface area contributed by atoms with Crippen LogP contribution in [0.15, 0.2) is 0 Å². The molecule has 0 amide bonds. The second-order valence-corrected chi connectivity index (χ2v) is 9.80. The van der Waals surface area contributed by atoms with Crippen LogP contribution in [0.2, 0.25) is 0 Å². The van der Waals surface area contributed by atoms with Crippen molar-refractivity contribution in [2.75, 3.05) is 37.7 Å². The normalized spacial score (nSPS) is 29.9. The minimum absolute atomic E-state index is 0.360. The average molecular weight is 314 g/mol. The van der Waals surface area contributed by atoms with Crippen molar-refractivity contribution in [3.63, 3.8) is 0 Å². The van der Waals surface area contributed by atoms with Crippen molar-refractivity contribution < 1.29 is 8.42 Å². The van der Waals surface area contributed by atoms with E-state index in [4.69, 9.17) is 0 Å². The molecule has 0 radical (unpaired) electrons. The number of hydrogen-bond acceptors (Lipinski definition) is 4. The minimum atomic E-state index is -2.79. The second-order valence-electron chi connectivity index (χ2n) is 7.50. The summed E-state index contributed by atoms with van der Waals surface area (Å²) in [7, 11) is -2.79. The molecule has 3 aliphatic rings. The molecule has 122 valence electrons. The van der Waals surface area contributed by atoms with Crippen molar-refractivity contribution in [2.45, 2.75) is 57.4 Å². The lowest BCUT2D eigenvalue weighted by Gasteiger charge is -2.41. The minimum Gasteiger partial charge on any atom is -0.313 e. The third kappa shape index (κ3) is 4.67. The van der Waals surface area contributed by atoms with Gasteiger partial charge in [-0.15, -0.1) is 0 Å². The maximum atomic E-state index is 11.8. The van der Waals surface area contributed by atoms with Crippen LogP contribution in [0.3, 0.4) is 0 Å². The summed E-state index contributed by atoms with van der Waals surface area (Å²) in [5.41, 5.74) is 0.398. The lowest BCUT2D eigenvalue weighted by atomic mass is 9.73. The zero-order valence-corrected chi connectivity index (χ0v) is 14.0. The SMILES string of the molecule is O=S1(=O)CCCN(CC2(CNC3CC3)CCCCC2)CC1. The van der Waals surface area contributed by atoms with Crippen LogP contribution < -0.4 is 5.32 Å².